The molecule has 2 aromatic heterocycles. The molecular formula is C20H22N6O3. The van der Waals surface area contributed by atoms with Gasteiger partial charge in [-0.2, -0.15) is 0 Å². The number of aromatic nitrogens is 3. The molecule has 1 saturated carbocycles. The first-order valence-electron chi connectivity index (χ1n) is 9.58. The molecule has 1 fully saturated rings. The Morgan fingerprint density at radius 1 is 1.28 bits per heavy atom. The number of carbonyl (C=O) groups is 1. The van der Waals surface area contributed by atoms with Crippen LogP contribution in [0.25, 0.3) is 11.2 Å². The van der Waals surface area contributed by atoms with Crippen LogP contribution in [0.5, 0.6) is 5.75 Å². The van der Waals surface area contributed by atoms with E-state index in [1.165, 1.54) is 10.9 Å². The van der Waals surface area contributed by atoms with Gasteiger partial charge in [0.25, 0.3) is 0 Å². The number of fused-ring (bicyclic) bond motifs is 4. The predicted octanol–water partition coefficient (Wildman–Crippen LogP) is 2.84. The number of hydrogen-bond acceptors (Lipinski definition) is 7. The van der Waals surface area contributed by atoms with Crippen molar-refractivity contribution in [1.29, 1.82) is 0 Å². The molecule has 1 amide bonds. The van der Waals surface area contributed by atoms with Crippen LogP contribution < -0.4 is 20.7 Å². The van der Waals surface area contributed by atoms with Crippen molar-refractivity contribution >= 4 is 34.4 Å². The molecule has 1 aliphatic carbocycles. The van der Waals surface area contributed by atoms with Crippen LogP contribution in [0.2, 0.25) is 0 Å². The van der Waals surface area contributed by atoms with E-state index >= 15 is 0 Å². The molecule has 29 heavy (non-hydrogen) atoms. The van der Waals surface area contributed by atoms with Gasteiger partial charge in [-0.3, -0.25) is 0 Å². The number of rotatable bonds is 2. The number of ether oxygens (including phenoxy) is 2. The smallest absolute Gasteiger partial charge is 0.328 e. The first-order chi connectivity index (χ1) is 14.1. The molecule has 0 saturated heterocycles. The van der Waals surface area contributed by atoms with Gasteiger partial charge in [0, 0.05) is 24.9 Å². The van der Waals surface area contributed by atoms with Gasteiger partial charge < -0.3 is 25.4 Å². The largest absolute Gasteiger partial charge is 0.497 e. The molecule has 9 heteroatoms. The van der Waals surface area contributed by atoms with E-state index in [1.54, 1.807) is 7.11 Å². The van der Waals surface area contributed by atoms with Gasteiger partial charge in [-0.15, -0.1) is 0 Å². The van der Waals surface area contributed by atoms with E-state index in [9.17, 15) is 4.79 Å². The van der Waals surface area contributed by atoms with Gasteiger partial charge in [0.2, 0.25) is 0 Å². The second kappa shape index (κ2) is 6.93. The molecule has 150 valence electrons. The molecule has 1 aromatic carbocycles. The number of methoxy groups -OCH3 is 1. The minimum Gasteiger partial charge on any atom is -0.497 e. The summed E-state index contributed by atoms with van der Waals surface area (Å²) in [5, 5.41) is 9.49. The van der Waals surface area contributed by atoms with Crippen molar-refractivity contribution in [1.82, 2.24) is 19.9 Å². The Labute approximate surface area is 167 Å². The zero-order valence-electron chi connectivity index (χ0n) is 16.2. The first-order valence-corrected chi connectivity index (χ1v) is 9.58. The second-order valence-electron chi connectivity index (χ2n) is 7.27. The summed E-state index contributed by atoms with van der Waals surface area (Å²) in [6.07, 6.45) is 3.28. The molecule has 2 aliphatic rings. The lowest BCUT2D eigenvalue weighted by Crippen LogP contribution is -2.52. The van der Waals surface area contributed by atoms with E-state index in [2.05, 4.69) is 25.9 Å². The van der Waals surface area contributed by atoms with E-state index in [0.29, 0.717) is 23.6 Å². The molecule has 3 N–H and O–H groups in total. The van der Waals surface area contributed by atoms with E-state index in [1.807, 2.05) is 31.3 Å². The highest BCUT2D eigenvalue weighted by molar-refractivity contribution is 5.94. The molecule has 3 heterocycles. The molecule has 3 aromatic rings. The molecule has 5 rings (SSSR count). The Kier molecular flexibility index (Phi) is 4.24. The fraction of sp³-hybridized carbons (Fsp3) is 0.350. The average Bonchev–Trinajstić information content (AvgIpc) is 3.13. The number of nitrogens with one attached hydrogen (secondary N) is 3. The van der Waals surface area contributed by atoms with Gasteiger partial charge in [0.15, 0.2) is 5.65 Å². The minimum absolute atomic E-state index is 0.0179. The fourth-order valence-corrected chi connectivity index (χ4v) is 3.74. The number of hydrogen-bond donors (Lipinski definition) is 3. The van der Waals surface area contributed by atoms with Crippen molar-refractivity contribution in [3.8, 4) is 5.75 Å². The molecule has 0 spiro atoms. The maximum atomic E-state index is 12.9. The van der Waals surface area contributed by atoms with Crippen molar-refractivity contribution in [2.45, 2.75) is 31.6 Å². The highest BCUT2D eigenvalue weighted by atomic mass is 16.5. The number of carbonyl (C=O) groups excluding carboxylic acids is 1. The Morgan fingerprint density at radius 3 is 2.93 bits per heavy atom. The summed E-state index contributed by atoms with van der Waals surface area (Å²) in [4.78, 5) is 21.9. The van der Waals surface area contributed by atoms with Crippen molar-refractivity contribution in [2.75, 3.05) is 24.8 Å². The van der Waals surface area contributed by atoms with Gasteiger partial charge in [-0.25, -0.2) is 19.3 Å². The van der Waals surface area contributed by atoms with Crippen molar-refractivity contribution < 1.29 is 14.3 Å². The Morgan fingerprint density at radius 2 is 2.17 bits per heavy atom. The number of nitrogens with zero attached hydrogens (tertiary/aromatic N) is 3. The van der Waals surface area contributed by atoms with E-state index in [-0.39, 0.29) is 18.2 Å². The number of benzene rings is 1. The normalized spacial score (nSPS) is 20.8. The lowest BCUT2D eigenvalue weighted by molar-refractivity contribution is -0.0323. The van der Waals surface area contributed by atoms with Crippen LogP contribution in [0.3, 0.4) is 0 Å². The van der Waals surface area contributed by atoms with E-state index in [0.717, 1.165) is 35.5 Å². The lowest BCUT2D eigenvalue weighted by atomic mass is 9.89. The van der Waals surface area contributed by atoms with Crippen molar-refractivity contribution in [2.24, 2.45) is 0 Å². The first kappa shape index (κ1) is 17.7. The summed E-state index contributed by atoms with van der Waals surface area (Å²) in [7, 11) is 3.46. The topological polar surface area (TPSA) is 102 Å². The zero-order valence-corrected chi connectivity index (χ0v) is 16.2. The fourth-order valence-electron chi connectivity index (χ4n) is 3.74. The molecule has 4 bridgehead atoms. The zero-order chi connectivity index (χ0) is 20.0. The molecule has 0 unspecified atom stereocenters. The SMILES string of the molecule is CNc1cc2nc3c1ncn3C(=O)N[C@@H]1CC[C@H]1OCc1cc(cc(OC)c1)N2. The summed E-state index contributed by atoms with van der Waals surface area (Å²) in [5.41, 5.74) is 3.71. The highest BCUT2D eigenvalue weighted by Crippen LogP contribution is 2.30. The average molecular weight is 394 g/mol. The van der Waals surface area contributed by atoms with Gasteiger partial charge in [0.1, 0.15) is 23.4 Å². The number of amides is 1. The monoisotopic (exact) mass is 394 g/mol. The Bertz CT molecular complexity index is 1100. The Hall–Kier alpha value is -3.33. The number of pyridine rings is 1. The Balaban J connectivity index is 1.65. The van der Waals surface area contributed by atoms with E-state index in [4.69, 9.17) is 9.47 Å². The van der Waals surface area contributed by atoms with Crippen LogP contribution in [0.15, 0.2) is 30.6 Å². The summed E-state index contributed by atoms with van der Waals surface area (Å²) in [5.74, 6) is 1.33. The molecule has 2 atom stereocenters. The third-order valence-electron chi connectivity index (χ3n) is 5.45. The lowest BCUT2D eigenvalue weighted by Gasteiger charge is -2.36. The van der Waals surface area contributed by atoms with Crippen LogP contribution in [-0.4, -0.2) is 46.9 Å². The third-order valence-corrected chi connectivity index (χ3v) is 5.45. The van der Waals surface area contributed by atoms with Crippen LogP contribution >= 0.6 is 0 Å². The summed E-state index contributed by atoms with van der Waals surface area (Å²) in [6, 6.07) is 7.45. The third kappa shape index (κ3) is 3.13. The van der Waals surface area contributed by atoms with Gasteiger partial charge in [-0.1, -0.05) is 0 Å². The summed E-state index contributed by atoms with van der Waals surface area (Å²) < 4.78 is 13.0. The molecule has 9 nitrogen and oxygen atoms in total. The predicted molar refractivity (Wildman–Crippen MR) is 109 cm³/mol. The summed E-state index contributed by atoms with van der Waals surface area (Å²) in [6.45, 7) is 0.438. The standard InChI is InChI=1S/C20H22N6O3/c1-21-15-8-17-23-12-5-11(6-13(7-12)28-2)9-29-16-4-3-14(16)24-20(27)26-10-22-18(15)19(26)25-17/h5-8,10,14,16H,3-4,9H2,1-2H3,(H,24,27)(H2,21,23,25)/t14-,16-/m1/s1. The van der Waals surface area contributed by atoms with Gasteiger partial charge in [0.05, 0.1) is 31.5 Å². The molecule has 0 radical (unpaired) electrons. The highest BCUT2D eigenvalue weighted by Gasteiger charge is 2.34. The maximum Gasteiger partial charge on any atom is 0.328 e. The molecular weight excluding hydrogens is 372 g/mol. The quantitative estimate of drug-likeness (QED) is 0.614. The van der Waals surface area contributed by atoms with Crippen LogP contribution in [0, 0.1) is 0 Å². The number of anilines is 3. The van der Waals surface area contributed by atoms with Gasteiger partial charge >= 0.3 is 6.03 Å². The number of imidazole rings is 1. The maximum absolute atomic E-state index is 12.9. The van der Waals surface area contributed by atoms with Crippen LogP contribution in [0.4, 0.5) is 22.0 Å². The van der Waals surface area contributed by atoms with Crippen LogP contribution in [-0.2, 0) is 11.3 Å². The minimum atomic E-state index is -0.255. The van der Waals surface area contributed by atoms with Crippen molar-refractivity contribution in [3.05, 3.63) is 36.2 Å². The van der Waals surface area contributed by atoms with E-state index < -0.39 is 0 Å². The second-order valence-corrected chi connectivity index (χ2v) is 7.27. The summed E-state index contributed by atoms with van der Waals surface area (Å²) >= 11 is 0. The van der Waals surface area contributed by atoms with Gasteiger partial charge in [-0.05, 0) is 30.5 Å². The van der Waals surface area contributed by atoms with Crippen LogP contribution in [0.1, 0.15) is 18.4 Å². The molecule has 1 aliphatic heterocycles. The van der Waals surface area contributed by atoms with Crippen molar-refractivity contribution in [3.63, 3.8) is 0 Å².